The van der Waals surface area contributed by atoms with Crippen LogP contribution in [-0.2, 0) is 0 Å². The van der Waals surface area contributed by atoms with E-state index in [-0.39, 0.29) is 0 Å². The first-order chi connectivity index (χ1) is 12.2. The number of hydrogen-bond acceptors (Lipinski definition) is 0. The van der Waals surface area contributed by atoms with Crippen LogP contribution in [-0.4, -0.2) is 27.2 Å². The summed E-state index contributed by atoms with van der Waals surface area (Å²) in [5.74, 6) is 1.66. The lowest BCUT2D eigenvalue weighted by Crippen LogP contribution is -2.32. The van der Waals surface area contributed by atoms with E-state index in [9.17, 15) is 0 Å². The Morgan fingerprint density at radius 2 is 0.960 bits per heavy atom. The summed E-state index contributed by atoms with van der Waals surface area (Å²) in [6.07, 6.45) is 17.2. The summed E-state index contributed by atoms with van der Waals surface area (Å²) in [6.45, 7) is 0. The third-order valence-corrected chi connectivity index (χ3v) is 7.88. The number of alkyl halides is 5. The van der Waals surface area contributed by atoms with Crippen molar-refractivity contribution in [2.45, 2.75) is 83.5 Å². The predicted octanol–water partition coefficient (Wildman–Crippen LogP) is 9.48. The number of halogens is 5. The predicted molar refractivity (Wildman–Crippen MR) is 132 cm³/mol. The van der Waals surface area contributed by atoms with Gasteiger partial charge in [-0.05, 0) is 69.1 Å². The molecule has 0 saturated carbocycles. The molecule has 0 aliphatic carbocycles. The molecule has 0 amide bonds. The summed E-state index contributed by atoms with van der Waals surface area (Å²) >= 11 is 20.8. The molecule has 0 rings (SSSR count). The monoisotopic (exact) mass is 628 g/mol. The van der Waals surface area contributed by atoms with Crippen molar-refractivity contribution in [2.75, 3.05) is 27.2 Å². The van der Waals surface area contributed by atoms with Crippen molar-refractivity contribution in [3.63, 3.8) is 0 Å². The molecule has 152 valence electrons. The molecule has 5 heteroatoms. The molecule has 0 fully saturated rings. The molecule has 0 radical (unpaired) electrons. The van der Waals surface area contributed by atoms with Gasteiger partial charge >= 0.3 is 0 Å². The first-order valence-corrected chi connectivity index (χ1v) is 15.0. The Morgan fingerprint density at radius 1 is 0.560 bits per heavy atom. The quantitative estimate of drug-likeness (QED) is 0.0984. The molecule has 0 heterocycles. The third kappa shape index (κ3) is 13.1. The number of rotatable bonds is 19. The number of unbranched alkanes of at least 4 members (excludes halogenated alkanes) is 4. The lowest BCUT2D eigenvalue weighted by Gasteiger charge is -2.42. The van der Waals surface area contributed by atoms with Crippen molar-refractivity contribution in [2.24, 2.45) is 11.3 Å². The van der Waals surface area contributed by atoms with Gasteiger partial charge in [0.25, 0.3) is 0 Å². The summed E-state index contributed by atoms with van der Waals surface area (Å²) in [5.41, 5.74) is 0.463. The number of hydrogen-bond donors (Lipinski definition) is 0. The fraction of sp³-hybridized carbons (Fsp3) is 1.00. The van der Waals surface area contributed by atoms with Crippen LogP contribution in [0.5, 0.6) is 0 Å². The molecule has 0 N–H and O–H groups in total. The Kier molecular flexibility index (Phi) is 21.2. The minimum Gasteiger partial charge on any atom is -0.127 e. The normalized spacial score (nSPS) is 12.2. The summed E-state index contributed by atoms with van der Waals surface area (Å²) in [4.78, 5) is 0. The van der Waals surface area contributed by atoms with Gasteiger partial charge in [0.2, 0.25) is 0 Å². The van der Waals surface area contributed by atoms with Gasteiger partial charge in [-0.25, -0.2) is 0 Å². The van der Waals surface area contributed by atoms with E-state index in [1.54, 1.807) is 0 Å². The van der Waals surface area contributed by atoms with Gasteiger partial charge in [-0.15, -0.1) is 11.6 Å². The van der Waals surface area contributed by atoms with E-state index in [4.69, 9.17) is 11.6 Å². The van der Waals surface area contributed by atoms with Gasteiger partial charge in [-0.2, -0.15) is 0 Å². The molecule has 25 heavy (non-hydrogen) atoms. The topological polar surface area (TPSA) is 0 Å². The molecule has 0 aliphatic rings. The molecule has 0 atom stereocenters. The minimum atomic E-state index is 0.463. The second-order valence-corrected chi connectivity index (χ2v) is 10.7. The van der Waals surface area contributed by atoms with Crippen molar-refractivity contribution in [3.05, 3.63) is 0 Å². The highest BCUT2D eigenvalue weighted by Crippen LogP contribution is 2.47. The third-order valence-electron chi connectivity index (χ3n) is 5.45. The lowest BCUT2D eigenvalue weighted by atomic mass is 9.64. The first kappa shape index (κ1) is 27.2. The van der Waals surface area contributed by atoms with Gasteiger partial charge in [0.05, 0.1) is 0 Å². The van der Waals surface area contributed by atoms with Gasteiger partial charge in [0, 0.05) is 27.2 Å². The van der Waals surface area contributed by atoms with Crippen molar-refractivity contribution >= 4 is 75.3 Å². The zero-order chi connectivity index (χ0) is 18.8. The highest BCUT2D eigenvalue weighted by atomic mass is 79.9. The second-order valence-electron chi connectivity index (χ2n) is 7.16. The summed E-state index contributed by atoms with van der Waals surface area (Å²) in [5, 5.41) is 4.53. The van der Waals surface area contributed by atoms with Crippen molar-refractivity contribution in [3.8, 4) is 0 Å². The molecule has 0 spiro atoms. The highest BCUT2D eigenvalue weighted by Gasteiger charge is 2.36. The average Bonchev–Trinajstić information content (AvgIpc) is 2.61. The summed E-state index contributed by atoms with van der Waals surface area (Å²) < 4.78 is 0. The highest BCUT2D eigenvalue weighted by molar-refractivity contribution is 9.09. The molecular formula is C20H37Br4Cl. The van der Waals surface area contributed by atoms with Crippen LogP contribution in [0.2, 0.25) is 0 Å². The van der Waals surface area contributed by atoms with Gasteiger partial charge in [0.1, 0.15) is 0 Å². The lowest BCUT2D eigenvalue weighted by molar-refractivity contribution is 0.0949. The fourth-order valence-electron chi connectivity index (χ4n) is 4.05. The molecule has 0 nitrogen and oxygen atoms in total. The van der Waals surface area contributed by atoms with E-state index in [0.717, 1.165) is 33.1 Å². The van der Waals surface area contributed by atoms with Crippen LogP contribution < -0.4 is 0 Å². The standard InChI is InChI=1S/C20H37Br4Cl/c21-14-5-1-9-19(10-2-6-15-22)20(13-18-25,11-3-7-16-23)12-4-8-17-24/h19H,1-18H2. The smallest absolute Gasteiger partial charge is 0.0228 e. The Bertz CT molecular complexity index is 256. The van der Waals surface area contributed by atoms with Gasteiger partial charge in [-0.3, -0.25) is 0 Å². The largest absolute Gasteiger partial charge is 0.127 e. The van der Waals surface area contributed by atoms with Crippen LogP contribution in [0.3, 0.4) is 0 Å². The fourth-order valence-corrected chi connectivity index (χ4v) is 6.01. The van der Waals surface area contributed by atoms with E-state index in [1.165, 1.54) is 83.5 Å². The Balaban J connectivity index is 5.15. The van der Waals surface area contributed by atoms with Crippen LogP contribution in [0.25, 0.3) is 0 Å². The van der Waals surface area contributed by atoms with Crippen LogP contribution in [0.15, 0.2) is 0 Å². The molecule has 0 bridgehead atoms. The van der Waals surface area contributed by atoms with Crippen LogP contribution >= 0.6 is 75.3 Å². The molecule has 0 unspecified atom stereocenters. The molecule has 0 aromatic carbocycles. The van der Waals surface area contributed by atoms with Crippen LogP contribution in [0.4, 0.5) is 0 Å². The maximum atomic E-state index is 6.34. The SMILES string of the molecule is ClCCC(CCCCBr)(CCCCBr)C(CCCCBr)CCCCBr. The molecule has 0 aromatic heterocycles. The van der Waals surface area contributed by atoms with E-state index in [2.05, 4.69) is 63.7 Å². The Morgan fingerprint density at radius 3 is 1.32 bits per heavy atom. The first-order valence-electron chi connectivity index (χ1n) is 10.0. The van der Waals surface area contributed by atoms with Crippen molar-refractivity contribution in [1.29, 1.82) is 0 Å². The van der Waals surface area contributed by atoms with Crippen molar-refractivity contribution in [1.82, 2.24) is 0 Å². The van der Waals surface area contributed by atoms with E-state index < -0.39 is 0 Å². The molecule has 0 aromatic rings. The summed E-state index contributed by atoms with van der Waals surface area (Å²) in [6, 6.07) is 0. The second kappa shape index (κ2) is 19.5. The summed E-state index contributed by atoms with van der Waals surface area (Å²) in [7, 11) is 0. The maximum absolute atomic E-state index is 6.34. The van der Waals surface area contributed by atoms with Gasteiger partial charge in [0.15, 0.2) is 0 Å². The minimum absolute atomic E-state index is 0.463. The van der Waals surface area contributed by atoms with Crippen LogP contribution in [0, 0.1) is 11.3 Å². The average molecular weight is 633 g/mol. The Hall–Kier alpha value is 2.21. The molecule has 0 aliphatic heterocycles. The van der Waals surface area contributed by atoms with Gasteiger partial charge < -0.3 is 0 Å². The van der Waals surface area contributed by atoms with E-state index in [1.807, 2.05) is 0 Å². The molecule has 0 saturated heterocycles. The Labute approximate surface area is 195 Å². The van der Waals surface area contributed by atoms with Crippen molar-refractivity contribution < 1.29 is 0 Å². The van der Waals surface area contributed by atoms with Gasteiger partial charge in [-0.1, -0.05) is 89.4 Å². The van der Waals surface area contributed by atoms with E-state index >= 15 is 0 Å². The van der Waals surface area contributed by atoms with E-state index in [0.29, 0.717) is 5.41 Å². The van der Waals surface area contributed by atoms with Crippen LogP contribution in [0.1, 0.15) is 83.5 Å². The molecular weight excluding hydrogens is 595 g/mol. The zero-order valence-corrected chi connectivity index (χ0v) is 22.8. The maximum Gasteiger partial charge on any atom is 0.0228 e. The zero-order valence-electron chi connectivity index (χ0n) is 15.7.